The van der Waals surface area contributed by atoms with Crippen LogP contribution in [0.1, 0.15) is 40.0 Å². The highest BCUT2D eigenvalue weighted by atomic mass is 16.2. The zero-order chi connectivity index (χ0) is 12.5. The summed E-state index contributed by atoms with van der Waals surface area (Å²) in [4.78, 5) is 15.3. The molecule has 0 spiro atoms. The highest BCUT2D eigenvalue weighted by molar-refractivity contribution is 5.73. The second kappa shape index (κ2) is 4.64. The highest BCUT2D eigenvalue weighted by Gasteiger charge is 2.36. The molecular weight excluding hydrogens is 200 g/mol. The fourth-order valence-electron chi connectivity index (χ4n) is 2.52. The minimum Gasteiger partial charge on any atom is -0.331 e. The fraction of sp³-hybridized carbons (Fsp3) is 0.923. The van der Waals surface area contributed by atoms with Gasteiger partial charge >= 0.3 is 6.03 Å². The molecule has 0 radical (unpaired) electrons. The van der Waals surface area contributed by atoms with Crippen LogP contribution in [0.4, 0.5) is 4.79 Å². The Morgan fingerprint density at radius 2 is 1.69 bits per heavy atom. The van der Waals surface area contributed by atoms with Gasteiger partial charge in [-0.05, 0) is 30.6 Å². The molecule has 16 heavy (non-hydrogen) atoms. The lowest BCUT2D eigenvalue weighted by molar-refractivity contribution is 0.0810. The van der Waals surface area contributed by atoms with Crippen molar-refractivity contribution < 1.29 is 4.79 Å². The first-order valence-electron chi connectivity index (χ1n) is 6.15. The Morgan fingerprint density at radius 1 is 1.19 bits per heavy atom. The molecule has 0 N–H and O–H groups in total. The van der Waals surface area contributed by atoms with E-state index in [0.29, 0.717) is 11.5 Å². The number of hydrogen-bond donors (Lipinski definition) is 0. The number of rotatable bonds is 2. The summed E-state index contributed by atoms with van der Waals surface area (Å²) in [5, 5.41) is 0. The SMILES string of the molecule is CN(C)C(=O)N(C)C1CC(CC(C)(C)C)C1. The van der Waals surface area contributed by atoms with Crippen LogP contribution in [0.15, 0.2) is 0 Å². The number of nitrogens with zero attached hydrogens (tertiary/aromatic N) is 2. The molecule has 1 aliphatic rings. The minimum absolute atomic E-state index is 0.124. The zero-order valence-corrected chi connectivity index (χ0v) is 11.6. The summed E-state index contributed by atoms with van der Waals surface area (Å²) in [6.45, 7) is 6.86. The van der Waals surface area contributed by atoms with Gasteiger partial charge in [0, 0.05) is 27.2 Å². The van der Waals surface area contributed by atoms with E-state index in [0.717, 1.165) is 5.92 Å². The Labute approximate surface area is 99.8 Å². The van der Waals surface area contributed by atoms with E-state index in [1.54, 1.807) is 4.90 Å². The van der Waals surface area contributed by atoms with Gasteiger partial charge in [0.05, 0.1) is 0 Å². The molecule has 3 heteroatoms. The topological polar surface area (TPSA) is 23.6 Å². The first kappa shape index (κ1) is 13.3. The van der Waals surface area contributed by atoms with E-state index in [1.165, 1.54) is 19.3 Å². The van der Waals surface area contributed by atoms with Crippen molar-refractivity contribution in [3.05, 3.63) is 0 Å². The van der Waals surface area contributed by atoms with Gasteiger partial charge in [0.25, 0.3) is 0 Å². The average molecular weight is 226 g/mol. The number of hydrogen-bond acceptors (Lipinski definition) is 1. The molecular formula is C13H26N2O. The van der Waals surface area contributed by atoms with Crippen LogP contribution in [0, 0.1) is 11.3 Å². The van der Waals surface area contributed by atoms with Gasteiger partial charge in [-0.2, -0.15) is 0 Å². The lowest BCUT2D eigenvalue weighted by atomic mass is 9.71. The van der Waals surface area contributed by atoms with Gasteiger partial charge in [-0.25, -0.2) is 4.79 Å². The molecule has 0 aromatic carbocycles. The van der Waals surface area contributed by atoms with E-state index < -0.39 is 0 Å². The van der Waals surface area contributed by atoms with Crippen LogP contribution in [-0.4, -0.2) is 43.0 Å². The Kier molecular flexibility index (Phi) is 3.87. The van der Waals surface area contributed by atoms with Crippen molar-refractivity contribution >= 4 is 6.03 Å². The molecule has 2 amide bonds. The predicted octanol–water partition coefficient (Wildman–Crippen LogP) is 2.81. The van der Waals surface area contributed by atoms with Crippen molar-refractivity contribution in [2.75, 3.05) is 21.1 Å². The lowest BCUT2D eigenvalue weighted by Crippen LogP contribution is -2.49. The van der Waals surface area contributed by atoms with Crippen molar-refractivity contribution in [2.24, 2.45) is 11.3 Å². The molecule has 0 bridgehead atoms. The molecule has 0 aromatic heterocycles. The molecule has 0 heterocycles. The van der Waals surface area contributed by atoms with Crippen LogP contribution in [0.2, 0.25) is 0 Å². The molecule has 0 aromatic rings. The summed E-state index contributed by atoms with van der Waals surface area (Å²) in [6.07, 6.45) is 3.62. The van der Waals surface area contributed by atoms with Gasteiger partial charge in [0.2, 0.25) is 0 Å². The number of carbonyl (C=O) groups is 1. The maximum atomic E-state index is 11.7. The molecule has 0 atom stereocenters. The summed E-state index contributed by atoms with van der Waals surface area (Å²) in [5.74, 6) is 0.808. The highest BCUT2D eigenvalue weighted by Crippen LogP contribution is 2.39. The quantitative estimate of drug-likeness (QED) is 0.710. The van der Waals surface area contributed by atoms with Crippen molar-refractivity contribution in [2.45, 2.75) is 46.1 Å². The van der Waals surface area contributed by atoms with Gasteiger partial charge in [-0.1, -0.05) is 20.8 Å². The predicted molar refractivity (Wildman–Crippen MR) is 67.4 cm³/mol. The second-order valence-corrected chi connectivity index (χ2v) is 6.54. The zero-order valence-electron chi connectivity index (χ0n) is 11.6. The first-order chi connectivity index (χ1) is 7.20. The monoisotopic (exact) mass is 226 g/mol. The third-order valence-electron chi connectivity index (χ3n) is 3.34. The van der Waals surface area contributed by atoms with Crippen molar-refractivity contribution in [1.29, 1.82) is 0 Å². The molecule has 1 rings (SSSR count). The van der Waals surface area contributed by atoms with Crippen molar-refractivity contribution in [1.82, 2.24) is 9.80 Å². The van der Waals surface area contributed by atoms with E-state index in [4.69, 9.17) is 0 Å². The van der Waals surface area contributed by atoms with E-state index >= 15 is 0 Å². The Bertz CT molecular complexity index is 249. The summed E-state index contributed by atoms with van der Waals surface area (Å²) in [7, 11) is 5.54. The third kappa shape index (κ3) is 3.39. The van der Waals surface area contributed by atoms with Gasteiger partial charge in [0.15, 0.2) is 0 Å². The Balaban J connectivity index is 2.33. The smallest absolute Gasteiger partial charge is 0.319 e. The van der Waals surface area contributed by atoms with Gasteiger partial charge in [-0.3, -0.25) is 0 Å². The largest absolute Gasteiger partial charge is 0.331 e. The van der Waals surface area contributed by atoms with E-state index in [1.807, 2.05) is 26.0 Å². The molecule has 94 valence electrons. The van der Waals surface area contributed by atoms with Crippen LogP contribution in [-0.2, 0) is 0 Å². The van der Waals surface area contributed by atoms with Crippen LogP contribution in [0.5, 0.6) is 0 Å². The maximum absolute atomic E-state index is 11.7. The van der Waals surface area contributed by atoms with Gasteiger partial charge in [-0.15, -0.1) is 0 Å². The van der Waals surface area contributed by atoms with E-state index in [2.05, 4.69) is 20.8 Å². The minimum atomic E-state index is 0.124. The molecule has 1 aliphatic carbocycles. The van der Waals surface area contributed by atoms with Crippen LogP contribution in [0.3, 0.4) is 0 Å². The van der Waals surface area contributed by atoms with Crippen LogP contribution in [0.25, 0.3) is 0 Å². The molecule has 3 nitrogen and oxygen atoms in total. The standard InChI is InChI=1S/C13H26N2O/c1-13(2,3)9-10-7-11(8-10)15(6)12(16)14(4)5/h10-11H,7-9H2,1-6H3. The fourth-order valence-corrected chi connectivity index (χ4v) is 2.52. The third-order valence-corrected chi connectivity index (χ3v) is 3.34. The molecule has 1 fully saturated rings. The molecule has 0 saturated heterocycles. The number of urea groups is 1. The summed E-state index contributed by atoms with van der Waals surface area (Å²) in [6, 6.07) is 0.585. The average Bonchev–Trinajstić information content (AvgIpc) is 2.06. The van der Waals surface area contributed by atoms with Crippen LogP contribution >= 0.6 is 0 Å². The second-order valence-electron chi connectivity index (χ2n) is 6.54. The van der Waals surface area contributed by atoms with Crippen LogP contribution < -0.4 is 0 Å². The Hall–Kier alpha value is -0.730. The molecule has 1 saturated carbocycles. The Morgan fingerprint density at radius 3 is 2.06 bits per heavy atom. The van der Waals surface area contributed by atoms with Gasteiger partial charge < -0.3 is 9.80 Å². The normalized spacial score (nSPS) is 24.9. The lowest BCUT2D eigenvalue weighted by Gasteiger charge is -2.44. The maximum Gasteiger partial charge on any atom is 0.319 e. The molecule has 0 aliphatic heterocycles. The van der Waals surface area contributed by atoms with Gasteiger partial charge in [0.1, 0.15) is 0 Å². The number of carbonyl (C=O) groups excluding carboxylic acids is 1. The van der Waals surface area contributed by atoms with Crippen molar-refractivity contribution in [3.8, 4) is 0 Å². The molecule has 0 unspecified atom stereocenters. The summed E-state index contributed by atoms with van der Waals surface area (Å²) in [5.41, 5.74) is 0.416. The first-order valence-corrected chi connectivity index (χ1v) is 6.15. The summed E-state index contributed by atoms with van der Waals surface area (Å²) < 4.78 is 0. The van der Waals surface area contributed by atoms with E-state index in [-0.39, 0.29) is 6.03 Å². The number of amides is 2. The van der Waals surface area contributed by atoms with Crippen molar-refractivity contribution in [3.63, 3.8) is 0 Å². The summed E-state index contributed by atoms with van der Waals surface area (Å²) >= 11 is 0. The van der Waals surface area contributed by atoms with E-state index in [9.17, 15) is 4.79 Å².